The van der Waals surface area contributed by atoms with Crippen LogP contribution in [-0.4, -0.2) is 24.4 Å². The van der Waals surface area contributed by atoms with E-state index in [1.165, 1.54) is 6.42 Å². The summed E-state index contributed by atoms with van der Waals surface area (Å²) in [6.45, 7) is 0.607. The Balaban J connectivity index is 1.65. The SMILES string of the molecule is O=C(NC1CCCCC1)C(=O)N1CCc2ccccc21. The summed E-state index contributed by atoms with van der Waals surface area (Å²) in [4.78, 5) is 26.0. The Morgan fingerprint density at radius 3 is 2.65 bits per heavy atom. The van der Waals surface area contributed by atoms with Crippen molar-refractivity contribution < 1.29 is 9.59 Å². The van der Waals surface area contributed by atoms with Crippen molar-refractivity contribution in [2.45, 2.75) is 44.6 Å². The third kappa shape index (κ3) is 2.55. The summed E-state index contributed by atoms with van der Waals surface area (Å²) < 4.78 is 0. The highest BCUT2D eigenvalue weighted by atomic mass is 16.2. The van der Waals surface area contributed by atoms with Gasteiger partial charge in [0.1, 0.15) is 0 Å². The number of fused-ring (bicyclic) bond motifs is 1. The first kappa shape index (κ1) is 13.2. The molecule has 1 saturated carbocycles. The number of carbonyl (C=O) groups is 2. The molecule has 1 aromatic rings. The maximum absolute atomic E-state index is 12.3. The minimum atomic E-state index is -0.450. The molecule has 0 atom stereocenters. The average Bonchev–Trinajstić information content (AvgIpc) is 2.91. The summed E-state index contributed by atoms with van der Waals surface area (Å²) >= 11 is 0. The predicted molar refractivity (Wildman–Crippen MR) is 77.5 cm³/mol. The van der Waals surface area contributed by atoms with Gasteiger partial charge in [0.25, 0.3) is 0 Å². The first-order chi connectivity index (χ1) is 9.75. The summed E-state index contributed by atoms with van der Waals surface area (Å²) in [7, 11) is 0. The number of para-hydroxylation sites is 1. The van der Waals surface area contributed by atoms with Crippen LogP contribution in [0, 0.1) is 0 Å². The van der Waals surface area contributed by atoms with E-state index in [-0.39, 0.29) is 6.04 Å². The average molecular weight is 272 g/mol. The van der Waals surface area contributed by atoms with Gasteiger partial charge < -0.3 is 10.2 Å². The number of anilines is 1. The molecule has 0 bridgehead atoms. The second kappa shape index (κ2) is 5.65. The summed E-state index contributed by atoms with van der Waals surface area (Å²) in [5.74, 6) is -0.867. The number of hydrogen-bond donors (Lipinski definition) is 1. The Bertz CT molecular complexity index is 521. The number of hydrogen-bond acceptors (Lipinski definition) is 2. The van der Waals surface area contributed by atoms with Crippen molar-refractivity contribution in [2.24, 2.45) is 0 Å². The lowest BCUT2D eigenvalue weighted by Crippen LogP contribution is -2.46. The van der Waals surface area contributed by atoms with Gasteiger partial charge in [-0.2, -0.15) is 0 Å². The molecule has 0 saturated heterocycles. The van der Waals surface area contributed by atoms with Crippen LogP contribution >= 0.6 is 0 Å². The molecule has 3 rings (SSSR count). The maximum Gasteiger partial charge on any atom is 0.316 e. The minimum absolute atomic E-state index is 0.179. The van der Waals surface area contributed by atoms with Crippen molar-refractivity contribution in [3.05, 3.63) is 29.8 Å². The number of carbonyl (C=O) groups excluding carboxylic acids is 2. The lowest BCUT2D eigenvalue weighted by atomic mass is 9.95. The largest absolute Gasteiger partial charge is 0.345 e. The second-order valence-corrected chi connectivity index (χ2v) is 5.64. The van der Waals surface area contributed by atoms with Crippen LogP contribution in [0.3, 0.4) is 0 Å². The molecule has 0 unspecified atom stereocenters. The van der Waals surface area contributed by atoms with Crippen LogP contribution in [0.4, 0.5) is 5.69 Å². The fourth-order valence-electron chi connectivity index (χ4n) is 3.17. The fraction of sp³-hybridized carbons (Fsp3) is 0.500. The van der Waals surface area contributed by atoms with Gasteiger partial charge in [0.2, 0.25) is 0 Å². The Morgan fingerprint density at radius 2 is 1.85 bits per heavy atom. The summed E-state index contributed by atoms with van der Waals surface area (Å²) in [6.07, 6.45) is 6.35. The van der Waals surface area contributed by atoms with E-state index < -0.39 is 11.8 Å². The molecule has 0 spiro atoms. The predicted octanol–water partition coefficient (Wildman–Crippen LogP) is 2.02. The van der Waals surface area contributed by atoms with Gasteiger partial charge in [-0.25, -0.2) is 0 Å². The van der Waals surface area contributed by atoms with E-state index >= 15 is 0 Å². The molecule has 1 aliphatic carbocycles. The lowest BCUT2D eigenvalue weighted by molar-refractivity contribution is -0.138. The molecule has 20 heavy (non-hydrogen) atoms. The van der Waals surface area contributed by atoms with Crippen LogP contribution in [0.1, 0.15) is 37.7 Å². The van der Waals surface area contributed by atoms with E-state index in [0.717, 1.165) is 43.4 Å². The topological polar surface area (TPSA) is 49.4 Å². The number of amides is 2. The first-order valence-electron chi connectivity index (χ1n) is 7.46. The highest BCUT2D eigenvalue weighted by molar-refractivity contribution is 6.40. The molecule has 2 amide bonds. The van der Waals surface area contributed by atoms with E-state index in [1.54, 1.807) is 4.90 Å². The molecule has 4 heteroatoms. The Labute approximate surface area is 119 Å². The third-order valence-electron chi connectivity index (χ3n) is 4.27. The summed E-state index contributed by atoms with van der Waals surface area (Å²) in [5.41, 5.74) is 2.03. The van der Waals surface area contributed by atoms with Gasteiger partial charge in [-0.1, -0.05) is 37.5 Å². The zero-order valence-electron chi connectivity index (χ0n) is 11.6. The van der Waals surface area contributed by atoms with Gasteiger partial charge in [0, 0.05) is 18.3 Å². The fourth-order valence-corrected chi connectivity index (χ4v) is 3.17. The Morgan fingerprint density at radius 1 is 1.10 bits per heavy atom. The second-order valence-electron chi connectivity index (χ2n) is 5.64. The number of rotatable bonds is 1. The van der Waals surface area contributed by atoms with Gasteiger partial charge in [-0.3, -0.25) is 9.59 Å². The van der Waals surface area contributed by atoms with E-state index in [2.05, 4.69) is 5.32 Å². The normalized spacial score (nSPS) is 18.7. The first-order valence-corrected chi connectivity index (χ1v) is 7.46. The minimum Gasteiger partial charge on any atom is -0.345 e. The third-order valence-corrected chi connectivity index (χ3v) is 4.27. The van der Waals surface area contributed by atoms with Crippen molar-refractivity contribution in [1.82, 2.24) is 5.32 Å². The quantitative estimate of drug-likeness (QED) is 0.795. The molecule has 1 aromatic carbocycles. The molecule has 1 N–H and O–H groups in total. The lowest BCUT2D eigenvalue weighted by Gasteiger charge is -2.24. The molecular formula is C16H20N2O2. The van der Waals surface area contributed by atoms with Crippen LogP contribution in [0.15, 0.2) is 24.3 Å². The van der Waals surface area contributed by atoms with E-state index in [9.17, 15) is 9.59 Å². The molecule has 2 aliphatic rings. The molecule has 1 heterocycles. The van der Waals surface area contributed by atoms with Crippen LogP contribution in [-0.2, 0) is 16.0 Å². The molecule has 1 aliphatic heterocycles. The molecule has 0 aromatic heterocycles. The monoisotopic (exact) mass is 272 g/mol. The van der Waals surface area contributed by atoms with Crippen LogP contribution in [0.5, 0.6) is 0 Å². The zero-order valence-corrected chi connectivity index (χ0v) is 11.6. The van der Waals surface area contributed by atoms with Gasteiger partial charge in [0.05, 0.1) is 0 Å². The highest BCUT2D eigenvalue weighted by Crippen LogP contribution is 2.27. The van der Waals surface area contributed by atoms with E-state index in [1.807, 2.05) is 24.3 Å². The van der Waals surface area contributed by atoms with Crippen molar-refractivity contribution >= 4 is 17.5 Å². The van der Waals surface area contributed by atoms with Crippen molar-refractivity contribution in [2.75, 3.05) is 11.4 Å². The van der Waals surface area contributed by atoms with Crippen LogP contribution in [0.25, 0.3) is 0 Å². The molecule has 4 nitrogen and oxygen atoms in total. The van der Waals surface area contributed by atoms with Crippen molar-refractivity contribution in [3.8, 4) is 0 Å². The zero-order chi connectivity index (χ0) is 13.9. The molecule has 106 valence electrons. The number of nitrogens with one attached hydrogen (secondary N) is 1. The molecular weight excluding hydrogens is 252 g/mol. The summed E-state index contributed by atoms with van der Waals surface area (Å²) in [6, 6.07) is 7.98. The van der Waals surface area contributed by atoms with Crippen molar-refractivity contribution in [1.29, 1.82) is 0 Å². The van der Waals surface area contributed by atoms with E-state index in [0.29, 0.717) is 6.54 Å². The van der Waals surface area contributed by atoms with Gasteiger partial charge in [-0.15, -0.1) is 0 Å². The molecule has 1 fully saturated rings. The summed E-state index contributed by atoms with van der Waals surface area (Å²) in [5, 5.41) is 2.90. The van der Waals surface area contributed by atoms with Gasteiger partial charge >= 0.3 is 11.8 Å². The number of benzene rings is 1. The van der Waals surface area contributed by atoms with Gasteiger partial charge in [-0.05, 0) is 30.9 Å². The standard InChI is InChI=1S/C16H20N2O2/c19-15(17-13-7-2-1-3-8-13)16(20)18-11-10-12-6-4-5-9-14(12)18/h4-6,9,13H,1-3,7-8,10-11H2,(H,17,19). The van der Waals surface area contributed by atoms with Gasteiger partial charge in [0.15, 0.2) is 0 Å². The highest BCUT2D eigenvalue weighted by Gasteiger charge is 2.30. The molecule has 0 radical (unpaired) electrons. The number of nitrogens with zero attached hydrogens (tertiary/aromatic N) is 1. The smallest absolute Gasteiger partial charge is 0.316 e. The van der Waals surface area contributed by atoms with Crippen LogP contribution < -0.4 is 10.2 Å². The van der Waals surface area contributed by atoms with E-state index in [4.69, 9.17) is 0 Å². The Hall–Kier alpha value is -1.84. The maximum atomic E-state index is 12.3. The van der Waals surface area contributed by atoms with Crippen molar-refractivity contribution in [3.63, 3.8) is 0 Å². The van der Waals surface area contributed by atoms with Crippen LogP contribution in [0.2, 0.25) is 0 Å². The Kier molecular flexibility index (Phi) is 3.72.